The fraction of sp³-hybridized carbons (Fsp3) is 0.250. The molecule has 2 aromatic rings. The smallest absolute Gasteiger partial charge is 0.323 e. The van der Waals surface area contributed by atoms with E-state index < -0.39 is 5.97 Å². The summed E-state index contributed by atoms with van der Waals surface area (Å²) in [7, 11) is 1.76. The third-order valence-electron chi connectivity index (χ3n) is 2.52. The third kappa shape index (κ3) is 3.69. The highest BCUT2D eigenvalue weighted by molar-refractivity contribution is 6.30. The largest absolute Gasteiger partial charge is 0.480 e. The summed E-state index contributed by atoms with van der Waals surface area (Å²) in [4.78, 5) is 12.6. The summed E-state index contributed by atoms with van der Waals surface area (Å²) in [6.07, 6.45) is 1.75. The zero-order chi connectivity index (χ0) is 13.8. The second-order valence-electron chi connectivity index (χ2n) is 4.11. The summed E-state index contributed by atoms with van der Waals surface area (Å²) in [5.41, 5.74) is 1.48. The number of nitrogens with zero attached hydrogens (tertiary/aromatic N) is 4. The van der Waals surface area contributed by atoms with Gasteiger partial charge < -0.3 is 10.0 Å². The predicted molar refractivity (Wildman–Crippen MR) is 71.1 cm³/mol. The van der Waals surface area contributed by atoms with Crippen LogP contribution in [0, 0.1) is 0 Å². The number of benzene rings is 1. The molecule has 0 amide bonds. The van der Waals surface area contributed by atoms with Crippen LogP contribution in [0.5, 0.6) is 0 Å². The molecule has 1 aromatic carbocycles. The van der Waals surface area contributed by atoms with Crippen molar-refractivity contribution in [1.82, 2.24) is 15.0 Å². The number of hydrogen-bond acceptors (Lipinski definition) is 4. The van der Waals surface area contributed by atoms with Crippen LogP contribution in [0.15, 0.2) is 30.5 Å². The van der Waals surface area contributed by atoms with Gasteiger partial charge in [0.05, 0.1) is 6.54 Å². The van der Waals surface area contributed by atoms with Crippen LogP contribution >= 0.6 is 11.6 Å². The van der Waals surface area contributed by atoms with Crippen LogP contribution in [0.25, 0.3) is 0 Å². The lowest BCUT2D eigenvalue weighted by molar-refractivity contribution is -0.135. The number of carboxylic acids is 1. The molecule has 6 nitrogen and oxygen atoms in total. The highest BCUT2D eigenvalue weighted by atomic mass is 35.5. The number of carbonyl (C=O) groups is 1. The Morgan fingerprint density at radius 3 is 2.63 bits per heavy atom. The van der Waals surface area contributed by atoms with Crippen molar-refractivity contribution in [3.05, 3.63) is 41.2 Å². The molecule has 1 N–H and O–H groups in total. The minimum absolute atomic E-state index is 0.113. The summed E-state index contributed by atoms with van der Waals surface area (Å²) in [5.74, 6) is -0.904. The molecule has 1 aromatic heterocycles. The van der Waals surface area contributed by atoms with E-state index in [1.54, 1.807) is 47.1 Å². The van der Waals surface area contributed by atoms with Crippen LogP contribution in [0.3, 0.4) is 0 Å². The molecule has 0 spiro atoms. The topological polar surface area (TPSA) is 71.2 Å². The molecule has 0 aliphatic rings. The predicted octanol–water partition coefficient (Wildman–Crippen LogP) is 1.56. The number of aromatic nitrogens is 3. The highest BCUT2D eigenvalue weighted by Gasteiger charge is 2.13. The number of anilines is 1. The van der Waals surface area contributed by atoms with Gasteiger partial charge in [-0.15, -0.1) is 5.10 Å². The van der Waals surface area contributed by atoms with Crippen LogP contribution < -0.4 is 4.90 Å². The van der Waals surface area contributed by atoms with Gasteiger partial charge in [-0.1, -0.05) is 16.8 Å². The molecule has 0 saturated heterocycles. The Kier molecular flexibility index (Phi) is 4.01. The SMILES string of the molecule is Cn1cc(CN(CC(=O)O)c2ccc(Cl)cc2)nn1. The van der Waals surface area contributed by atoms with E-state index in [1.807, 2.05) is 0 Å². The first kappa shape index (κ1) is 13.4. The number of aryl methyl sites for hydroxylation is 1. The van der Waals surface area contributed by atoms with Crippen molar-refractivity contribution in [3.8, 4) is 0 Å². The van der Waals surface area contributed by atoms with Crippen LogP contribution in [0.2, 0.25) is 5.02 Å². The van der Waals surface area contributed by atoms with E-state index in [2.05, 4.69) is 10.3 Å². The quantitative estimate of drug-likeness (QED) is 0.900. The average Bonchev–Trinajstić information content (AvgIpc) is 2.74. The zero-order valence-corrected chi connectivity index (χ0v) is 11.1. The molecule has 100 valence electrons. The molecule has 1 heterocycles. The van der Waals surface area contributed by atoms with Crippen LogP contribution in [-0.4, -0.2) is 32.6 Å². The molecule has 0 aliphatic carbocycles. The van der Waals surface area contributed by atoms with Gasteiger partial charge in [0.15, 0.2) is 0 Å². The lowest BCUT2D eigenvalue weighted by atomic mass is 10.2. The fourth-order valence-electron chi connectivity index (χ4n) is 1.72. The molecule has 7 heteroatoms. The Labute approximate surface area is 115 Å². The van der Waals surface area contributed by atoms with E-state index in [-0.39, 0.29) is 6.54 Å². The fourth-order valence-corrected chi connectivity index (χ4v) is 1.84. The lowest BCUT2D eigenvalue weighted by Crippen LogP contribution is -2.29. The molecular formula is C12H13ClN4O2. The maximum atomic E-state index is 10.9. The molecule has 0 radical (unpaired) electrons. The highest BCUT2D eigenvalue weighted by Crippen LogP contribution is 2.19. The van der Waals surface area contributed by atoms with Crippen LogP contribution in [-0.2, 0) is 18.4 Å². The maximum Gasteiger partial charge on any atom is 0.323 e. The van der Waals surface area contributed by atoms with E-state index in [0.717, 1.165) is 5.69 Å². The standard InChI is InChI=1S/C12H13ClN4O2/c1-16-6-10(14-15-16)7-17(8-12(18)19)11-4-2-9(13)3-5-11/h2-6H,7-8H2,1H3,(H,18,19). The van der Waals surface area contributed by atoms with Gasteiger partial charge in [0, 0.05) is 24.0 Å². The third-order valence-corrected chi connectivity index (χ3v) is 2.77. The van der Waals surface area contributed by atoms with Gasteiger partial charge in [0.25, 0.3) is 0 Å². The Morgan fingerprint density at radius 1 is 1.42 bits per heavy atom. The van der Waals surface area contributed by atoms with Crippen molar-refractivity contribution in [2.45, 2.75) is 6.54 Å². The van der Waals surface area contributed by atoms with Crippen molar-refractivity contribution < 1.29 is 9.90 Å². The second kappa shape index (κ2) is 5.71. The number of carboxylic acid groups (broad SMARTS) is 1. The van der Waals surface area contributed by atoms with Crippen molar-refractivity contribution in [1.29, 1.82) is 0 Å². The number of hydrogen-bond donors (Lipinski definition) is 1. The Morgan fingerprint density at radius 2 is 2.11 bits per heavy atom. The molecule has 19 heavy (non-hydrogen) atoms. The molecule has 0 aliphatic heterocycles. The molecule has 0 saturated carbocycles. The Hall–Kier alpha value is -2.08. The van der Waals surface area contributed by atoms with Gasteiger partial charge in [0.2, 0.25) is 0 Å². The minimum Gasteiger partial charge on any atom is -0.480 e. The van der Waals surface area contributed by atoms with E-state index in [1.165, 1.54) is 0 Å². The van der Waals surface area contributed by atoms with E-state index in [0.29, 0.717) is 17.3 Å². The van der Waals surface area contributed by atoms with Crippen molar-refractivity contribution in [2.75, 3.05) is 11.4 Å². The first-order valence-electron chi connectivity index (χ1n) is 5.62. The number of aliphatic carboxylic acids is 1. The second-order valence-corrected chi connectivity index (χ2v) is 4.55. The van der Waals surface area contributed by atoms with E-state index in [4.69, 9.17) is 16.7 Å². The minimum atomic E-state index is -0.904. The van der Waals surface area contributed by atoms with E-state index in [9.17, 15) is 4.79 Å². The first-order chi connectivity index (χ1) is 9.04. The summed E-state index contributed by atoms with van der Waals surface area (Å²) in [5, 5.41) is 17.4. The molecule has 0 fully saturated rings. The number of rotatable bonds is 5. The summed E-state index contributed by atoms with van der Waals surface area (Å²) >= 11 is 5.83. The number of halogens is 1. The zero-order valence-electron chi connectivity index (χ0n) is 10.3. The van der Waals surface area contributed by atoms with Gasteiger partial charge in [-0.05, 0) is 24.3 Å². The molecule has 0 unspecified atom stereocenters. The van der Waals surface area contributed by atoms with Crippen molar-refractivity contribution >= 4 is 23.3 Å². The summed E-state index contributed by atoms with van der Waals surface area (Å²) in [6, 6.07) is 7.01. The van der Waals surface area contributed by atoms with Crippen molar-refractivity contribution in [2.24, 2.45) is 7.05 Å². The Bertz CT molecular complexity index is 567. The first-order valence-corrected chi connectivity index (χ1v) is 6.00. The Balaban J connectivity index is 2.20. The monoisotopic (exact) mass is 280 g/mol. The van der Waals surface area contributed by atoms with Gasteiger partial charge in [-0.25, -0.2) is 0 Å². The van der Waals surface area contributed by atoms with Crippen LogP contribution in [0.1, 0.15) is 5.69 Å². The van der Waals surface area contributed by atoms with Crippen LogP contribution in [0.4, 0.5) is 5.69 Å². The van der Waals surface area contributed by atoms with Gasteiger partial charge >= 0.3 is 5.97 Å². The average molecular weight is 281 g/mol. The van der Waals surface area contributed by atoms with Gasteiger partial charge in [-0.3, -0.25) is 9.48 Å². The summed E-state index contributed by atoms with van der Waals surface area (Å²) in [6.45, 7) is 0.264. The molecular weight excluding hydrogens is 268 g/mol. The lowest BCUT2D eigenvalue weighted by Gasteiger charge is -2.21. The van der Waals surface area contributed by atoms with Gasteiger partial charge in [-0.2, -0.15) is 0 Å². The van der Waals surface area contributed by atoms with Crippen molar-refractivity contribution in [3.63, 3.8) is 0 Å². The molecule has 0 atom stereocenters. The normalized spacial score (nSPS) is 10.4. The van der Waals surface area contributed by atoms with E-state index >= 15 is 0 Å². The summed E-state index contributed by atoms with van der Waals surface area (Å²) < 4.78 is 1.58. The van der Waals surface area contributed by atoms with Gasteiger partial charge in [0.1, 0.15) is 12.2 Å². The maximum absolute atomic E-state index is 10.9. The molecule has 2 rings (SSSR count). The molecule has 0 bridgehead atoms.